The molecule has 1 aliphatic heterocycles. The fraction of sp³-hybridized carbons (Fsp3) is 0.476. The highest BCUT2D eigenvalue weighted by Gasteiger charge is 2.27. The molecule has 1 saturated carbocycles. The van der Waals surface area contributed by atoms with Crippen molar-refractivity contribution in [1.29, 1.82) is 0 Å². The molecule has 0 spiro atoms. The molecular formula is C21H28FN8O+. The first-order chi connectivity index (χ1) is 15.0. The smallest absolute Gasteiger partial charge is 0.317 e. The van der Waals surface area contributed by atoms with Crippen LogP contribution in [-0.2, 0) is 0 Å². The summed E-state index contributed by atoms with van der Waals surface area (Å²) in [6.45, 7) is 1.63. The number of nitrogens with zero attached hydrogens (tertiary/aromatic N) is 4. The minimum Gasteiger partial charge on any atom is -0.383 e. The van der Waals surface area contributed by atoms with E-state index in [0.29, 0.717) is 12.0 Å². The first-order valence-electron chi connectivity index (χ1n) is 10.7. The Balaban J connectivity index is 1.42. The molecular weight excluding hydrogens is 399 g/mol. The summed E-state index contributed by atoms with van der Waals surface area (Å²) >= 11 is 0. The van der Waals surface area contributed by atoms with Crippen molar-refractivity contribution in [3.8, 4) is 0 Å². The summed E-state index contributed by atoms with van der Waals surface area (Å²) in [5.41, 5.74) is 6.61. The normalized spacial score (nSPS) is 21.0. The molecule has 0 radical (unpaired) electrons. The number of likely N-dealkylation sites (tertiary alicyclic amines) is 1. The zero-order chi connectivity index (χ0) is 21.8. The fourth-order valence-electron chi connectivity index (χ4n) is 4.20. The molecule has 0 bridgehead atoms. The van der Waals surface area contributed by atoms with Crippen molar-refractivity contribution in [2.75, 3.05) is 24.1 Å². The number of nitrogens with two attached hydrogens (primary N) is 2. The average Bonchev–Trinajstić information content (AvgIpc) is 3.31. The summed E-state index contributed by atoms with van der Waals surface area (Å²) in [6, 6.07) is 3.46. The number of hydrogen-bond acceptors (Lipinski definition) is 6. The third-order valence-corrected chi connectivity index (χ3v) is 5.85. The highest BCUT2D eigenvalue weighted by molar-refractivity contribution is 6.09. The Labute approximate surface area is 180 Å². The van der Waals surface area contributed by atoms with Crippen molar-refractivity contribution in [1.82, 2.24) is 25.2 Å². The van der Waals surface area contributed by atoms with E-state index in [4.69, 9.17) is 11.1 Å². The fourth-order valence-corrected chi connectivity index (χ4v) is 4.20. The third-order valence-electron chi connectivity index (χ3n) is 5.85. The van der Waals surface area contributed by atoms with Crippen LogP contribution >= 0.6 is 0 Å². The molecule has 164 valence electrons. The molecule has 6 N–H and O–H groups in total. The van der Waals surface area contributed by atoms with Crippen LogP contribution in [0.3, 0.4) is 0 Å². The number of urea groups is 1. The van der Waals surface area contributed by atoms with Gasteiger partial charge < -0.3 is 21.3 Å². The van der Waals surface area contributed by atoms with Gasteiger partial charge in [-0.2, -0.15) is 0 Å². The van der Waals surface area contributed by atoms with Crippen LogP contribution in [0.1, 0.15) is 49.9 Å². The molecule has 1 saturated heterocycles. The Kier molecular flexibility index (Phi) is 6.24. The predicted molar refractivity (Wildman–Crippen MR) is 115 cm³/mol. The van der Waals surface area contributed by atoms with Crippen LogP contribution in [0.15, 0.2) is 24.5 Å². The van der Waals surface area contributed by atoms with Gasteiger partial charge in [0.15, 0.2) is 11.6 Å². The minimum atomic E-state index is -0.557. The number of pyridine rings is 1. The summed E-state index contributed by atoms with van der Waals surface area (Å²) in [4.78, 5) is 26.6. The highest BCUT2D eigenvalue weighted by atomic mass is 19.1. The number of rotatable bonds is 5. The summed E-state index contributed by atoms with van der Waals surface area (Å²) in [6.07, 6.45) is 8.19. The summed E-state index contributed by atoms with van der Waals surface area (Å²) in [5, 5.41) is 12.5. The summed E-state index contributed by atoms with van der Waals surface area (Å²) in [5.74, 6) is -0.0320. The molecule has 2 aromatic heterocycles. The van der Waals surface area contributed by atoms with Gasteiger partial charge in [-0.1, -0.05) is 0 Å². The van der Waals surface area contributed by atoms with Crippen molar-refractivity contribution < 1.29 is 14.6 Å². The molecule has 2 fully saturated rings. The molecule has 9 nitrogen and oxygen atoms in total. The lowest BCUT2D eigenvalue weighted by atomic mass is 9.91. The van der Waals surface area contributed by atoms with Crippen LogP contribution in [0, 0.1) is 5.82 Å². The third kappa shape index (κ3) is 4.89. The number of carbonyl (C=O) groups is 1. The SMILES string of the molecule is Nc1ncccc1C(=[NH2+])c1ncc(F)c(NC2CCCC(NC(=O)N3CCCC3)C2)n1. The van der Waals surface area contributed by atoms with Crippen molar-refractivity contribution in [3.63, 3.8) is 0 Å². The van der Waals surface area contributed by atoms with Crippen molar-refractivity contribution in [2.45, 2.75) is 50.6 Å². The van der Waals surface area contributed by atoms with Gasteiger partial charge in [0.25, 0.3) is 5.71 Å². The zero-order valence-electron chi connectivity index (χ0n) is 17.4. The largest absolute Gasteiger partial charge is 0.383 e. The number of aromatic nitrogens is 3. The van der Waals surface area contributed by atoms with Gasteiger partial charge in [0.05, 0.1) is 11.8 Å². The topological polar surface area (TPSA) is 135 Å². The van der Waals surface area contributed by atoms with Gasteiger partial charge in [0.1, 0.15) is 5.82 Å². The zero-order valence-corrected chi connectivity index (χ0v) is 17.4. The predicted octanol–water partition coefficient (Wildman–Crippen LogP) is 0.718. The van der Waals surface area contributed by atoms with Gasteiger partial charge >= 0.3 is 6.03 Å². The lowest BCUT2D eigenvalue weighted by Gasteiger charge is -2.31. The molecule has 2 unspecified atom stereocenters. The quantitative estimate of drug-likeness (QED) is 0.520. The van der Waals surface area contributed by atoms with Gasteiger partial charge in [-0.05, 0) is 50.7 Å². The Hall–Kier alpha value is -3.30. The van der Waals surface area contributed by atoms with Crippen LogP contribution in [0.25, 0.3) is 0 Å². The molecule has 3 heterocycles. The van der Waals surface area contributed by atoms with E-state index in [1.54, 1.807) is 18.3 Å². The van der Waals surface area contributed by atoms with E-state index < -0.39 is 5.82 Å². The van der Waals surface area contributed by atoms with Gasteiger partial charge in [-0.15, -0.1) is 0 Å². The Morgan fingerprint density at radius 2 is 1.97 bits per heavy atom. The minimum absolute atomic E-state index is 0.00455. The molecule has 2 aromatic rings. The second kappa shape index (κ2) is 9.23. The highest BCUT2D eigenvalue weighted by Crippen LogP contribution is 2.23. The average molecular weight is 428 g/mol. The van der Waals surface area contributed by atoms with E-state index >= 15 is 0 Å². The monoisotopic (exact) mass is 427 g/mol. The van der Waals surface area contributed by atoms with Crippen LogP contribution < -0.4 is 21.8 Å². The molecule has 2 aliphatic rings. The van der Waals surface area contributed by atoms with Gasteiger partial charge in [-0.3, -0.25) is 5.41 Å². The lowest BCUT2D eigenvalue weighted by Crippen LogP contribution is -2.47. The van der Waals surface area contributed by atoms with E-state index in [0.717, 1.165) is 51.4 Å². The number of halogens is 1. The van der Waals surface area contributed by atoms with E-state index in [-0.39, 0.29) is 41.3 Å². The number of amides is 2. The second-order valence-corrected chi connectivity index (χ2v) is 8.09. The Morgan fingerprint density at radius 3 is 2.74 bits per heavy atom. The maximum absolute atomic E-state index is 14.4. The van der Waals surface area contributed by atoms with Gasteiger partial charge in [0.2, 0.25) is 5.82 Å². The maximum atomic E-state index is 14.4. The number of anilines is 2. The molecule has 2 atom stereocenters. The number of hydrogen-bond donors (Lipinski definition) is 4. The van der Waals surface area contributed by atoms with E-state index in [9.17, 15) is 9.18 Å². The van der Waals surface area contributed by atoms with Crippen molar-refractivity contribution >= 4 is 23.4 Å². The maximum Gasteiger partial charge on any atom is 0.317 e. The van der Waals surface area contributed by atoms with Gasteiger partial charge in [-0.25, -0.2) is 24.1 Å². The Morgan fingerprint density at radius 1 is 1.19 bits per heavy atom. The number of nitrogen functional groups attached to an aromatic ring is 1. The molecule has 10 heteroatoms. The standard InChI is InChI=1S/C21H27FN8O/c22-16-12-26-20(17(23)15-7-4-8-25-18(15)24)29-19(16)27-13-5-3-6-14(11-13)28-21(31)30-9-1-2-10-30/h4,7-8,12-14,23H,1-3,5-6,9-11H2,(H2,24,25)(H,28,31)(H,26,27,29)/p+1. The van der Waals surface area contributed by atoms with Crippen LogP contribution in [-0.4, -0.2) is 56.8 Å². The number of carbonyl (C=O) groups excluding carboxylic acids is 1. The van der Waals surface area contributed by atoms with Crippen molar-refractivity contribution in [2.24, 2.45) is 0 Å². The van der Waals surface area contributed by atoms with Crippen LogP contribution in [0.5, 0.6) is 0 Å². The molecule has 31 heavy (non-hydrogen) atoms. The first-order valence-corrected chi connectivity index (χ1v) is 10.7. The molecule has 1 aliphatic carbocycles. The van der Waals surface area contributed by atoms with E-state index in [1.165, 1.54) is 0 Å². The number of nitrogens with one attached hydrogen (secondary N) is 2. The lowest BCUT2D eigenvalue weighted by molar-refractivity contribution is -0.112. The van der Waals surface area contributed by atoms with Crippen molar-refractivity contribution in [3.05, 3.63) is 41.7 Å². The molecule has 2 amide bonds. The van der Waals surface area contributed by atoms with Gasteiger partial charge in [0, 0.05) is 31.4 Å². The van der Waals surface area contributed by atoms with E-state index in [2.05, 4.69) is 25.6 Å². The summed E-state index contributed by atoms with van der Waals surface area (Å²) in [7, 11) is 0. The molecule has 0 aromatic carbocycles. The first kappa shape index (κ1) is 21.0. The molecule has 4 rings (SSSR count). The van der Waals surface area contributed by atoms with E-state index in [1.807, 2.05) is 4.90 Å². The second-order valence-electron chi connectivity index (χ2n) is 8.09. The summed E-state index contributed by atoms with van der Waals surface area (Å²) < 4.78 is 14.4. The van der Waals surface area contributed by atoms with Crippen LogP contribution in [0.4, 0.5) is 20.8 Å². The van der Waals surface area contributed by atoms with Crippen LogP contribution in [0.2, 0.25) is 0 Å². The Bertz CT molecular complexity index is 962.